The molecule has 0 bridgehead atoms. The summed E-state index contributed by atoms with van der Waals surface area (Å²) in [6.45, 7) is 1.89. The molecule has 0 spiro atoms. The highest BCUT2D eigenvalue weighted by atomic mass is 32.2. The average Bonchev–Trinajstić information content (AvgIpc) is 2.91. The predicted octanol–water partition coefficient (Wildman–Crippen LogP) is 0.313. The first kappa shape index (κ1) is 13.5. The number of sulfone groups is 1. The van der Waals surface area contributed by atoms with E-state index in [-0.39, 0.29) is 17.4 Å². The van der Waals surface area contributed by atoms with Gasteiger partial charge in [-0.15, -0.1) is 0 Å². The molecular formula is C11H18N2O4S. The minimum atomic E-state index is -2.88. The zero-order chi connectivity index (χ0) is 13.0. The Hall–Kier alpha value is -0.920. The van der Waals surface area contributed by atoms with Crippen molar-refractivity contribution in [1.29, 1.82) is 0 Å². The molecule has 2 heterocycles. The van der Waals surface area contributed by atoms with E-state index in [0.29, 0.717) is 31.2 Å². The van der Waals surface area contributed by atoms with Crippen molar-refractivity contribution in [2.45, 2.75) is 18.9 Å². The van der Waals surface area contributed by atoms with Crippen molar-refractivity contribution in [3.8, 4) is 0 Å². The molecule has 1 fully saturated rings. The first-order valence-corrected chi connectivity index (χ1v) is 7.77. The number of rotatable bonds is 6. The zero-order valence-electron chi connectivity index (χ0n) is 10.4. The Labute approximate surface area is 107 Å². The topological polar surface area (TPSA) is 81.4 Å². The van der Waals surface area contributed by atoms with E-state index >= 15 is 0 Å². The molecule has 1 aliphatic heterocycles. The maximum absolute atomic E-state index is 11.4. The van der Waals surface area contributed by atoms with Crippen LogP contribution in [0.2, 0.25) is 0 Å². The second kappa shape index (κ2) is 5.81. The first-order valence-electron chi connectivity index (χ1n) is 5.95. The van der Waals surface area contributed by atoms with E-state index in [1.54, 1.807) is 13.3 Å². The fourth-order valence-electron chi connectivity index (χ4n) is 1.98. The SMILES string of the molecule is COCCNCc1ncc(C2CCS(=O)(=O)C2)o1. The molecule has 0 aliphatic carbocycles. The van der Waals surface area contributed by atoms with Crippen LogP contribution in [0.1, 0.15) is 24.0 Å². The molecule has 7 heteroatoms. The standard InChI is InChI=1S/C11H18N2O4S/c1-16-4-3-12-7-11-13-6-10(17-11)9-2-5-18(14,15)8-9/h6,9,12H,2-5,7-8H2,1H3. The van der Waals surface area contributed by atoms with Crippen molar-refractivity contribution < 1.29 is 17.6 Å². The molecule has 0 saturated carbocycles. The molecule has 6 nitrogen and oxygen atoms in total. The number of ether oxygens (including phenoxy) is 1. The molecule has 0 radical (unpaired) electrons. The number of nitrogens with one attached hydrogen (secondary N) is 1. The van der Waals surface area contributed by atoms with Crippen molar-refractivity contribution in [1.82, 2.24) is 10.3 Å². The Kier molecular flexibility index (Phi) is 4.36. The quantitative estimate of drug-likeness (QED) is 0.752. The van der Waals surface area contributed by atoms with Gasteiger partial charge >= 0.3 is 0 Å². The first-order chi connectivity index (χ1) is 8.61. The van der Waals surface area contributed by atoms with Gasteiger partial charge in [0.1, 0.15) is 5.76 Å². The van der Waals surface area contributed by atoms with Gasteiger partial charge in [0, 0.05) is 19.6 Å². The van der Waals surface area contributed by atoms with Crippen molar-refractivity contribution in [3.63, 3.8) is 0 Å². The Morgan fingerprint density at radius 1 is 1.61 bits per heavy atom. The number of hydrogen-bond acceptors (Lipinski definition) is 6. The Bertz CT molecular complexity index is 483. The zero-order valence-corrected chi connectivity index (χ0v) is 11.2. The van der Waals surface area contributed by atoms with Crippen LogP contribution in [0.25, 0.3) is 0 Å². The van der Waals surface area contributed by atoms with E-state index in [1.807, 2.05) is 0 Å². The van der Waals surface area contributed by atoms with Crippen LogP contribution in [0.4, 0.5) is 0 Å². The van der Waals surface area contributed by atoms with Crippen molar-refractivity contribution >= 4 is 9.84 Å². The lowest BCUT2D eigenvalue weighted by molar-refractivity contribution is 0.198. The number of oxazole rings is 1. The third-order valence-electron chi connectivity index (χ3n) is 2.97. The van der Waals surface area contributed by atoms with Gasteiger partial charge in [0.2, 0.25) is 5.89 Å². The molecule has 1 aliphatic rings. The van der Waals surface area contributed by atoms with Gasteiger partial charge in [-0.2, -0.15) is 0 Å². The lowest BCUT2D eigenvalue weighted by Crippen LogP contribution is -2.18. The minimum absolute atomic E-state index is 0.0322. The Morgan fingerprint density at radius 2 is 2.44 bits per heavy atom. The number of methoxy groups -OCH3 is 1. The summed E-state index contributed by atoms with van der Waals surface area (Å²) in [5.41, 5.74) is 0. The van der Waals surface area contributed by atoms with Crippen LogP contribution in [0.3, 0.4) is 0 Å². The minimum Gasteiger partial charge on any atom is -0.444 e. The highest BCUT2D eigenvalue weighted by molar-refractivity contribution is 7.91. The summed E-state index contributed by atoms with van der Waals surface area (Å²) in [6, 6.07) is 0. The molecule has 18 heavy (non-hydrogen) atoms. The van der Waals surface area contributed by atoms with E-state index < -0.39 is 9.84 Å². The molecule has 2 rings (SSSR count). The van der Waals surface area contributed by atoms with Crippen LogP contribution in [0.15, 0.2) is 10.6 Å². The lowest BCUT2D eigenvalue weighted by Gasteiger charge is -2.02. The van der Waals surface area contributed by atoms with E-state index in [2.05, 4.69) is 10.3 Å². The van der Waals surface area contributed by atoms with Crippen LogP contribution in [0, 0.1) is 0 Å². The molecule has 1 atom stereocenters. The van der Waals surface area contributed by atoms with Crippen LogP contribution in [-0.2, 0) is 21.1 Å². The molecular weight excluding hydrogens is 256 g/mol. The molecule has 1 aromatic rings. The van der Waals surface area contributed by atoms with Gasteiger partial charge in [0.05, 0.1) is 30.9 Å². The van der Waals surface area contributed by atoms with Gasteiger partial charge in [-0.25, -0.2) is 13.4 Å². The number of hydrogen-bond donors (Lipinski definition) is 1. The smallest absolute Gasteiger partial charge is 0.208 e. The number of aromatic nitrogens is 1. The fourth-order valence-corrected chi connectivity index (χ4v) is 3.74. The summed E-state index contributed by atoms with van der Waals surface area (Å²) in [5, 5.41) is 3.12. The predicted molar refractivity (Wildman–Crippen MR) is 66.1 cm³/mol. The Balaban J connectivity index is 1.86. The second-order valence-electron chi connectivity index (χ2n) is 4.43. The van der Waals surface area contributed by atoms with Crippen molar-refractivity contribution in [3.05, 3.63) is 17.8 Å². The highest BCUT2D eigenvalue weighted by Gasteiger charge is 2.31. The number of nitrogens with zero attached hydrogens (tertiary/aromatic N) is 1. The summed E-state index contributed by atoms with van der Waals surface area (Å²) < 4.78 is 33.2. The third kappa shape index (κ3) is 3.54. The molecule has 1 unspecified atom stereocenters. The molecule has 1 N–H and O–H groups in total. The van der Waals surface area contributed by atoms with Gasteiger partial charge in [0.15, 0.2) is 9.84 Å². The van der Waals surface area contributed by atoms with Crippen LogP contribution in [0.5, 0.6) is 0 Å². The third-order valence-corrected chi connectivity index (χ3v) is 4.73. The largest absolute Gasteiger partial charge is 0.444 e. The monoisotopic (exact) mass is 274 g/mol. The summed E-state index contributed by atoms with van der Waals surface area (Å²) in [5.74, 6) is 1.67. The molecule has 0 aromatic carbocycles. The van der Waals surface area contributed by atoms with E-state index in [9.17, 15) is 8.42 Å². The van der Waals surface area contributed by atoms with Gasteiger partial charge < -0.3 is 14.5 Å². The highest BCUT2D eigenvalue weighted by Crippen LogP contribution is 2.29. The molecule has 0 amide bonds. The van der Waals surface area contributed by atoms with Crippen molar-refractivity contribution in [2.24, 2.45) is 0 Å². The van der Waals surface area contributed by atoms with Crippen LogP contribution >= 0.6 is 0 Å². The molecule has 1 saturated heterocycles. The summed E-state index contributed by atoms with van der Waals surface area (Å²) in [4.78, 5) is 4.14. The molecule has 1 aromatic heterocycles. The van der Waals surface area contributed by atoms with Crippen molar-refractivity contribution in [2.75, 3.05) is 31.8 Å². The summed E-state index contributed by atoms with van der Waals surface area (Å²) >= 11 is 0. The average molecular weight is 274 g/mol. The van der Waals surface area contributed by atoms with E-state index in [1.165, 1.54) is 0 Å². The lowest BCUT2D eigenvalue weighted by atomic mass is 10.1. The summed E-state index contributed by atoms with van der Waals surface area (Å²) in [7, 11) is -1.23. The fraction of sp³-hybridized carbons (Fsp3) is 0.727. The van der Waals surface area contributed by atoms with E-state index in [4.69, 9.17) is 9.15 Å². The Morgan fingerprint density at radius 3 is 3.11 bits per heavy atom. The van der Waals surface area contributed by atoms with Crippen LogP contribution < -0.4 is 5.32 Å². The van der Waals surface area contributed by atoms with Gasteiger partial charge in [-0.1, -0.05) is 0 Å². The molecule has 102 valence electrons. The van der Waals surface area contributed by atoms with Gasteiger partial charge in [-0.05, 0) is 6.42 Å². The van der Waals surface area contributed by atoms with Gasteiger partial charge in [-0.3, -0.25) is 0 Å². The van der Waals surface area contributed by atoms with E-state index in [0.717, 1.165) is 6.54 Å². The normalized spacial score (nSPS) is 22.4. The maximum atomic E-state index is 11.4. The summed E-state index contributed by atoms with van der Waals surface area (Å²) in [6.07, 6.45) is 2.27. The maximum Gasteiger partial charge on any atom is 0.208 e. The van der Waals surface area contributed by atoms with Crippen LogP contribution in [-0.4, -0.2) is 45.2 Å². The second-order valence-corrected chi connectivity index (χ2v) is 6.65. The van der Waals surface area contributed by atoms with Gasteiger partial charge in [0.25, 0.3) is 0 Å².